The first-order chi connectivity index (χ1) is 15.5. The summed E-state index contributed by atoms with van der Waals surface area (Å²) in [4.78, 5) is 14.6. The highest BCUT2D eigenvalue weighted by molar-refractivity contribution is 6.05. The molecule has 6 heteroatoms. The summed E-state index contributed by atoms with van der Waals surface area (Å²) in [5.74, 6) is -0.0864. The predicted octanol–water partition coefficient (Wildman–Crippen LogP) is 4.94. The number of ether oxygens (including phenoxy) is 2. The monoisotopic (exact) mass is 433 g/mol. The van der Waals surface area contributed by atoms with E-state index < -0.39 is 17.8 Å². The number of aliphatic hydroxyl groups excluding tert-OH is 1. The highest BCUT2D eigenvalue weighted by atomic mass is 19.1. The summed E-state index contributed by atoms with van der Waals surface area (Å²) in [5, 5.41) is 10.8. The number of rotatable bonds is 7. The molecule has 4 rings (SSSR count). The maximum Gasteiger partial charge on any atom is 0.289 e. The van der Waals surface area contributed by atoms with E-state index in [0.29, 0.717) is 34.6 Å². The van der Waals surface area contributed by atoms with E-state index in [0.717, 1.165) is 5.56 Å². The van der Waals surface area contributed by atoms with Crippen LogP contribution in [0.4, 0.5) is 4.39 Å². The van der Waals surface area contributed by atoms with Gasteiger partial charge in [-0.1, -0.05) is 54.6 Å². The number of methoxy groups -OCH3 is 2. The number of aliphatic hydroxyl groups is 1. The zero-order valence-electron chi connectivity index (χ0n) is 17.9. The summed E-state index contributed by atoms with van der Waals surface area (Å²) in [6.45, 7) is 0.285. The van der Waals surface area contributed by atoms with Crippen LogP contribution in [0.5, 0.6) is 11.5 Å². The molecule has 1 unspecified atom stereocenters. The van der Waals surface area contributed by atoms with Gasteiger partial charge in [-0.2, -0.15) is 0 Å². The Morgan fingerprint density at radius 1 is 0.938 bits per heavy atom. The van der Waals surface area contributed by atoms with Crippen LogP contribution < -0.4 is 9.47 Å². The molecule has 0 aliphatic carbocycles. The van der Waals surface area contributed by atoms with Crippen molar-refractivity contribution in [2.75, 3.05) is 20.8 Å². The molecule has 3 aromatic rings. The van der Waals surface area contributed by atoms with Gasteiger partial charge in [-0.05, 0) is 35.7 Å². The number of hydrogen-bond donors (Lipinski definition) is 1. The average molecular weight is 433 g/mol. The van der Waals surface area contributed by atoms with Gasteiger partial charge in [0.15, 0.2) is 17.3 Å². The van der Waals surface area contributed by atoms with Gasteiger partial charge in [-0.15, -0.1) is 0 Å². The van der Waals surface area contributed by atoms with Gasteiger partial charge in [0.1, 0.15) is 5.82 Å². The number of nitrogens with zero attached hydrogens (tertiary/aromatic N) is 1. The van der Waals surface area contributed by atoms with E-state index in [1.54, 1.807) is 38.5 Å². The van der Waals surface area contributed by atoms with Crippen LogP contribution in [0.2, 0.25) is 0 Å². The fraction of sp³-hybridized carbons (Fsp3) is 0.192. The van der Waals surface area contributed by atoms with E-state index in [1.807, 2.05) is 42.5 Å². The Balaban J connectivity index is 1.70. The van der Waals surface area contributed by atoms with Crippen molar-refractivity contribution >= 4 is 11.5 Å². The van der Waals surface area contributed by atoms with Gasteiger partial charge in [0.25, 0.3) is 5.91 Å². The lowest BCUT2D eigenvalue weighted by Gasteiger charge is -2.28. The number of carbonyl (C=O) groups excluding carboxylic acids is 1. The van der Waals surface area contributed by atoms with Gasteiger partial charge < -0.3 is 19.5 Å². The number of carbonyl (C=O) groups is 1. The largest absolute Gasteiger partial charge is 0.503 e. The molecule has 0 bridgehead atoms. The first kappa shape index (κ1) is 21.4. The molecule has 1 atom stereocenters. The highest BCUT2D eigenvalue weighted by Crippen LogP contribution is 2.43. The molecule has 1 N–H and O–H groups in total. The molecule has 0 saturated carbocycles. The summed E-state index contributed by atoms with van der Waals surface area (Å²) >= 11 is 0. The van der Waals surface area contributed by atoms with Gasteiger partial charge in [0.05, 0.1) is 20.3 Å². The molecule has 164 valence electrons. The van der Waals surface area contributed by atoms with Gasteiger partial charge in [0, 0.05) is 17.7 Å². The third-order valence-corrected chi connectivity index (χ3v) is 5.68. The third kappa shape index (κ3) is 3.91. The maximum atomic E-state index is 14.8. The van der Waals surface area contributed by atoms with Crippen molar-refractivity contribution in [3.8, 4) is 11.5 Å². The van der Waals surface area contributed by atoms with E-state index in [2.05, 4.69) is 0 Å². The molecule has 0 fully saturated rings. The zero-order chi connectivity index (χ0) is 22.7. The minimum absolute atomic E-state index is 0.285. The fourth-order valence-electron chi connectivity index (χ4n) is 4.10. The van der Waals surface area contributed by atoms with E-state index in [-0.39, 0.29) is 12.3 Å². The summed E-state index contributed by atoms with van der Waals surface area (Å²) in [6.07, 6.45) is 0.492. The molecule has 32 heavy (non-hydrogen) atoms. The van der Waals surface area contributed by atoms with Crippen molar-refractivity contribution in [2.24, 2.45) is 0 Å². The molecule has 0 radical (unpaired) electrons. The molecule has 0 aromatic heterocycles. The van der Waals surface area contributed by atoms with Gasteiger partial charge in [-0.25, -0.2) is 4.39 Å². The Morgan fingerprint density at radius 3 is 2.31 bits per heavy atom. The Morgan fingerprint density at radius 2 is 1.62 bits per heavy atom. The molecule has 1 amide bonds. The Kier molecular flexibility index (Phi) is 6.12. The summed E-state index contributed by atoms with van der Waals surface area (Å²) in [5.41, 5.74) is 2.36. The summed E-state index contributed by atoms with van der Waals surface area (Å²) in [6, 6.07) is 20.3. The smallest absolute Gasteiger partial charge is 0.289 e. The summed E-state index contributed by atoms with van der Waals surface area (Å²) in [7, 11) is 3.13. The first-order valence-electron chi connectivity index (χ1n) is 10.3. The van der Waals surface area contributed by atoms with Crippen LogP contribution >= 0.6 is 0 Å². The SMILES string of the molecule is COc1ccc(CCN2C(=O)C(O)=C(c3ccccc3)C2c2ccccc2F)cc1OC. The van der Waals surface area contributed by atoms with Crippen molar-refractivity contribution in [1.82, 2.24) is 4.90 Å². The lowest BCUT2D eigenvalue weighted by molar-refractivity contribution is -0.129. The van der Waals surface area contributed by atoms with E-state index in [1.165, 1.54) is 11.0 Å². The number of hydrogen-bond acceptors (Lipinski definition) is 4. The topological polar surface area (TPSA) is 59.0 Å². The highest BCUT2D eigenvalue weighted by Gasteiger charge is 2.41. The number of amides is 1. The Labute approximate surface area is 186 Å². The normalized spacial score (nSPS) is 15.9. The van der Waals surface area contributed by atoms with Gasteiger partial charge >= 0.3 is 0 Å². The predicted molar refractivity (Wildman–Crippen MR) is 120 cm³/mol. The minimum atomic E-state index is -0.730. The Hall–Kier alpha value is -3.80. The van der Waals surface area contributed by atoms with Crippen LogP contribution in [0.3, 0.4) is 0 Å². The van der Waals surface area contributed by atoms with E-state index >= 15 is 0 Å². The molecule has 3 aromatic carbocycles. The average Bonchev–Trinajstić information content (AvgIpc) is 3.08. The van der Waals surface area contributed by atoms with Crippen LogP contribution in [0.15, 0.2) is 78.6 Å². The second-order valence-corrected chi connectivity index (χ2v) is 7.49. The van der Waals surface area contributed by atoms with Crippen molar-refractivity contribution in [3.63, 3.8) is 0 Å². The van der Waals surface area contributed by atoms with Crippen molar-refractivity contribution in [1.29, 1.82) is 0 Å². The standard InChI is InChI=1S/C26H24FNO4/c1-31-21-13-12-17(16-22(21)32-2)14-15-28-24(19-10-6-7-11-20(19)27)23(25(29)26(28)30)18-8-4-3-5-9-18/h3-13,16,24,29H,14-15H2,1-2H3. The fourth-order valence-corrected chi connectivity index (χ4v) is 4.10. The van der Waals surface area contributed by atoms with Crippen molar-refractivity contribution < 1.29 is 23.8 Å². The Bertz CT molecular complexity index is 1160. The number of benzene rings is 3. The second-order valence-electron chi connectivity index (χ2n) is 7.49. The van der Waals surface area contributed by atoms with E-state index in [4.69, 9.17) is 9.47 Å². The van der Waals surface area contributed by atoms with Crippen LogP contribution in [0.25, 0.3) is 5.57 Å². The van der Waals surface area contributed by atoms with Crippen LogP contribution in [0, 0.1) is 5.82 Å². The van der Waals surface area contributed by atoms with Crippen molar-refractivity contribution in [2.45, 2.75) is 12.5 Å². The molecule has 0 saturated heterocycles. The minimum Gasteiger partial charge on any atom is -0.503 e. The van der Waals surface area contributed by atoms with E-state index in [9.17, 15) is 14.3 Å². The van der Waals surface area contributed by atoms with Crippen LogP contribution in [0.1, 0.15) is 22.7 Å². The van der Waals surface area contributed by atoms with Gasteiger partial charge in [0.2, 0.25) is 0 Å². The quantitative estimate of drug-likeness (QED) is 0.574. The lowest BCUT2D eigenvalue weighted by Crippen LogP contribution is -2.32. The van der Waals surface area contributed by atoms with Crippen molar-refractivity contribution in [3.05, 3.63) is 101 Å². The lowest BCUT2D eigenvalue weighted by atomic mass is 9.93. The van der Waals surface area contributed by atoms with Crippen LogP contribution in [-0.4, -0.2) is 36.7 Å². The van der Waals surface area contributed by atoms with Crippen LogP contribution in [-0.2, 0) is 11.2 Å². The number of halogens is 1. The molecular weight excluding hydrogens is 409 g/mol. The molecule has 5 nitrogen and oxygen atoms in total. The first-order valence-corrected chi connectivity index (χ1v) is 10.3. The summed E-state index contributed by atoms with van der Waals surface area (Å²) < 4.78 is 25.5. The second kappa shape index (κ2) is 9.14. The molecule has 1 heterocycles. The molecule has 1 aliphatic heterocycles. The molecule has 0 spiro atoms. The van der Waals surface area contributed by atoms with Gasteiger partial charge in [-0.3, -0.25) is 4.79 Å². The zero-order valence-corrected chi connectivity index (χ0v) is 17.9. The molecule has 1 aliphatic rings. The molecular formula is C26H24FNO4. The maximum absolute atomic E-state index is 14.8. The third-order valence-electron chi connectivity index (χ3n) is 5.68.